The molecule has 9 heavy (non-hydrogen) atoms. The molecule has 0 aliphatic heterocycles. The summed E-state index contributed by atoms with van der Waals surface area (Å²) in [7, 11) is 0. The van der Waals surface area contributed by atoms with Crippen LogP contribution in [0, 0.1) is 11.3 Å². The van der Waals surface area contributed by atoms with Crippen LogP contribution in [0.25, 0.3) is 0 Å². The maximum atomic E-state index is 4.05. The van der Waals surface area contributed by atoms with Crippen LogP contribution in [0.3, 0.4) is 0 Å². The highest BCUT2D eigenvalue weighted by molar-refractivity contribution is 5.65. The van der Waals surface area contributed by atoms with Crippen molar-refractivity contribution in [1.29, 1.82) is 0 Å². The second-order valence-electron chi connectivity index (χ2n) is 3.64. The molecule has 46 valence electrons. The van der Waals surface area contributed by atoms with Gasteiger partial charge in [0.15, 0.2) is 0 Å². The van der Waals surface area contributed by atoms with Crippen molar-refractivity contribution in [3.8, 4) is 0 Å². The highest BCUT2D eigenvalue weighted by Crippen LogP contribution is 2.72. The molecule has 2 atom stereocenters. The molecule has 0 aromatic carbocycles. The van der Waals surface area contributed by atoms with Gasteiger partial charge in [-0.2, -0.15) is 0 Å². The minimum atomic E-state index is 0.602. The second kappa shape index (κ2) is 0.920. The lowest BCUT2D eigenvalue weighted by atomic mass is 10.1. The van der Waals surface area contributed by atoms with Gasteiger partial charge in [0.25, 0.3) is 0 Å². The van der Waals surface area contributed by atoms with E-state index in [4.69, 9.17) is 0 Å². The van der Waals surface area contributed by atoms with E-state index in [2.05, 4.69) is 12.7 Å². The Balaban J connectivity index is 2.26. The van der Waals surface area contributed by atoms with E-state index < -0.39 is 0 Å². The quantitative estimate of drug-likeness (QED) is 0.457. The van der Waals surface area contributed by atoms with Crippen molar-refractivity contribution < 1.29 is 0 Å². The van der Waals surface area contributed by atoms with Gasteiger partial charge in [0.05, 0.1) is 0 Å². The van der Waals surface area contributed by atoms with E-state index in [0.29, 0.717) is 5.41 Å². The van der Waals surface area contributed by atoms with Crippen molar-refractivity contribution in [2.24, 2.45) is 11.3 Å². The van der Waals surface area contributed by atoms with Gasteiger partial charge in [0.2, 0.25) is 0 Å². The smallest absolute Gasteiger partial charge is 0.0205 e. The average molecular weight is 118 g/mol. The summed E-state index contributed by atoms with van der Waals surface area (Å²) in [5, 5.41) is 0. The lowest BCUT2D eigenvalue weighted by molar-refractivity contribution is 0.609. The van der Waals surface area contributed by atoms with Crippen LogP contribution in [0.2, 0.25) is 0 Å². The SMILES string of the molecule is C=C1C2=CC3CCC12C3. The van der Waals surface area contributed by atoms with E-state index >= 15 is 0 Å². The van der Waals surface area contributed by atoms with Crippen LogP contribution >= 0.6 is 0 Å². The first kappa shape index (κ1) is 4.32. The van der Waals surface area contributed by atoms with Gasteiger partial charge in [-0.05, 0) is 36.3 Å². The summed E-state index contributed by atoms with van der Waals surface area (Å²) in [4.78, 5) is 0. The Labute approximate surface area is 55.3 Å². The van der Waals surface area contributed by atoms with Crippen LogP contribution < -0.4 is 0 Å². The highest BCUT2D eigenvalue weighted by atomic mass is 14.6. The zero-order valence-electron chi connectivity index (χ0n) is 5.48. The fourth-order valence-electron chi connectivity index (χ4n) is 2.69. The first-order chi connectivity index (χ1) is 4.33. The van der Waals surface area contributed by atoms with E-state index in [1.807, 2.05) is 0 Å². The lowest BCUT2D eigenvalue weighted by Crippen LogP contribution is -1.88. The molecular weight excluding hydrogens is 108 g/mol. The minimum Gasteiger partial charge on any atom is -0.0946 e. The van der Waals surface area contributed by atoms with Gasteiger partial charge in [-0.3, -0.25) is 0 Å². The van der Waals surface area contributed by atoms with Crippen molar-refractivity contribution in [2.45, 2.75) is 19.3 Å². The Morgan fingerprint density at radius 3 is 3.00 bits per heavy atom. The van der Waals surface area contributed by atoms with Crippen molar-refractivity contribution >= 4 is 0 Å². The first-order valence-corrected chi connectivity index (χ1v) is 3.75. The van der Waals surface area contributed by atoms with E-state index in [1.165, 1.54) is 24.8 Å². The van der Waals surface area contributed by atoms with Gasteiger partial charge in [0, 0.05) is 5.41 Å². The maximum absolute atomic E-state index is 4.05. The Kier molecular flexibility index (Phi) is 0.441. The normalized spacial score (nSPS) is 51.3. The van der Waals surface area contributed by atoms with E-state index in [-0.39, 0.29) is 0 Å². The molecule has 2 unspecified atom stereocenters. The largest absolute Gasteiger partial charge is 0.0946 e. The number of allylic oxidation sites excluding steroid dienone is 3. The fraction of sp³-hybridized carbons (Fsp3) is 0.556. The number of hydrogen-bond acceptors (Lipinski definition) is 0. The predicted molar refractivity (Wildman–Crippen MR) is 37.0 cm³/mol. The topological polar surface area (TPSA) is 0 Å². The Morgan fingerprint density at radius 1 is 1.67 bits per heavy atom. The molecule has 0 amide bonds. The molecule has 3 aliphatic carbocycles. The summed E-state index contributed by atoms with van der Waals surface area (Å²) in [5.41, 5.74) is 3.69. The number of hydrogen-bond donors (Lipinski definition) is 0. The van der Waals surface area contributed by atoms with Crippen LogP contribution in [0.15, 0.2) is 23.8 Å². The molecule has 0 aromatic heterocycles. The summed E-state index contributed by atoms with van der Waals surface area (Å²) < 4.78 is 0. The first-order valence-electron chi connectivity index (χ1n) is 3.75. The van der Waals surface area contributed by atoms with E-state index in [9.17, 15) is 0 Å². The summed E-state index contributed by atoms with van der Waals surface area (Å²) in [6, 6.07) is 0. The number of fused-ring (bicyclic) bond motifs is 1. The van der Waals surface area contributed by atoms with Crippen LogP contribution in [-0.2, 0) is 0 Å². The third kappa shape index (κ3) is 0.277. The molecule has 2 saturated carbocycles. The average Bonchev–Trinajstić information content (AvgIpc) is 2.39. The molecule has 1 spiro atoms. The second-order valence-corrected chi connectivity index (χ2v) is 3.64. The molecule has 3 aliphatic rings. The predicted octanol–water partition coefficient (Wildman–Crippen LogP) is 2.28. The molecule has 0 radical (unpaired) electrons. The molecule has 0 nitrogen and oxygen atoms in total. The minimum absolute atomic E-state index is 0.602. The van der Waals surface area contributed by atoms with Crippen LogP contribution in [-0.4, -0.2) is 0 Å². The summed E-state index contributed by atoms with van der Waals surface area (Å²) >= 11 is 0. The van der Waals surface area contributed by atoms with Gasteiger partial charge in [-0.1, -0.05) is 12.7 Å². The van der Waals surface area contributed by atoms with Crippen LogP contribution in [0.5, 0.6) is 0 Å². The van der Waals surface area contributed by atoms with Crippen molar-refractivity contribution in [3.63, 3.8) is 0 Å². The molecule has 2 fully saturated rings. The summed E-state index contributed by atoms with van der Waals surface area (Å²) in [6.45, 7) is 4.05. The van der Waals surface area contributed by atoms with Gasteiger partial charge < -0.3 is 0 Å². The molecule has 0 heterocycles. The monoisotopic (exact) mass is 118 g/mol. The van der Waals surface area contributed by atoms with Gasteiger partial charge in [0.1, 0.15) is 0 Å². The molecule has 0 aromatic rings. The zero-order chi connectivity index (χ0) is 6.06. The van der Waals surface area contributed by atoms with Crippen molar-refractivity contribution in [1.82, 2.24) is 0 Å². The molecule has 0 saturated heterocycles. The van der Waals surface area contributed by atoms with Crippen molar-refractivity contribution in [3.05, 3.63) is 23.8 Å². The van der Waals surface area contributed by atoms with Crippen molar-refractivity contribution in [2.75, 3.05) is 0 Å². The van der Waals surface area contributed by atoms with Gasteiger partial charge in [-0.15, -0.1) is 0 Å². The van der Waals surface area contributed by atoms with Crippen LogP contribution in [0.1, 0.15) is 19.3 Å². The third-order valence-corrected chi connectivity index (χ3v) is 3.31. The standard InChI is InChI=1S/C9H10/c1-6-8-4-7-2-3-9(6,8)5-7/h4,7H,1-3,5H2. The molecule has 0 N–H and O–H groups in total. The summed E-state index contributed by atoms with van der Waals surface area (Å²) in [6.07, 6.45) is 6.72. The Bertz CT molecular complexity index is 234. The maximum Gasteiger partial charge on any atom is 0.0205 e. The van der Waals surface area contributed by atoms with Gasteiger partial charge >= 0.3 is 0 Å². The molecule has 0 heteroatoms. The Morgan fingerprint density at radius 2 is 2.56 bits per heavy atom. The number of rotatable bonds is 0. The third-order valence-electron chi connectivity index (χ3n) is 3.31. The molecule has 3 rings (SSSR count). The summed E-state index contributed by atoms with van der Waals surface area (Å²) in [5.74, 6) is 0.950. The van der Waals surface area contributed by atoms with Gasteiger partial charge in [-0.25, -0.2) is 0 Å². The highest BCUT2D eigenvalue weighted by Gasteiger charge is 2.60. The lowest BCUT2D eigenvalue weighted by Gasteiger charge is -1.96. The molecule has 2 bridgehead atoms. The van der Waals surface area contributed by atoms with E-state index in [1.54, 1.807) is 5.57 Å². The van der Waals surface area contributed by atoms with E-state index in [0.717, 1.165) is 5.92 Å². The fourth-order valence-corrected chi connectivity index (χ4v) is 2.69. The zero-order valence-corrected chi connectivity index (χ0v) is 5.48. The molecular formula is C9H10. The van der Waals surface area contributed by atoms with Crippen LogP contribution in [0.4, 0.5) is 0 Å². The Hall–Kier alpha value is -0.520.